The third kappa shape index (κ3) is 2.34. The first-order valence-corrected chi connectivity index (χ1v) is 6.22. The van der Waals surface area contributed by atoms with Gasteiger partial charge in [0.2, 0.25) is 0 Å². The number of hydrogen-bond donors (Lipinski definition) is 1. The number of carbonyl (C=O) groups is 1. The molecule has 2 rings (SSSR count). The van der Waals surface area contributed by atoms with Gasteiger partial charge in [-0.25, -0.2) is 8.78 Å². The van der Waals surface area contributed by atoms with Crippen molar-refractivity contribution in [3.05, 3.63) is 34.9 Å². The molecule has 0 bridgehead atoms. The molecular weight excluding hydrogens is 254 g/mol. The number of carboxylic acids is 1. The molecule has 1 aliphatic carbocycles. The number of ether oxygens (including phenoxy) is 1. The summed E-state index contributed by atoms with van der Waals surface area (Å²) >= 11 is 0. The van der Waals surface area contributed by atoms with Gasteiger partial charge in [0.15, 0.2) is 0 Å². The zero-order valence-corrected chi connectivity index (χ0v) is 10.7. The second kappa shape index (κ2) is 5.25. The summed E-state index contributed by atoms with van der Waals surface area (Å²) in [6, 6.07) is 2.27. The predicted octanol–water partition coefficient (Wildman–Crippen LogP) is 3.01. The van der Waals surface area contributed by atoms with Crippen LogP contribution >= 0.6 is 0 Å². The number of rotatable bonds is 4. The van der Waals surface area contributed by atoms with Gasteiger partial charge in [0, 0.05) is 12.7 Å². The molecule has 1 fully saturated rings. The average Bonchev–Trinajstić information content (AvgIpc) is 2.84. The van der Waals surface area contributed by atoms with Gasteiger partial charge in [-0.3, -0.25) is 4.79 Å². The first-order chi connectivity index (χ1) is 9.01. The molecule has 0 atom stereocenters. The molecule has 0 amide bonds. The van der Waals surface area contributed by atoms with Crippen LogP contribution in [0.25, 0.3) is 0 Å². The van der Waals surface area contributed by atoms with Crippen molar-refractivity contribution in [2.45, 2.75) is 37.7 Å². The van der Waals surface area contributed by atoms with Crippen molar-refractivity contribution in [3.63, 3.8) is 0 Å². The summed E-state index contributed by atoms with van der Waals surface area (Å²) in [4.78, 5) is 11.5. The van der Waals surface area contributed by atoms with E-state index in [1.807, 2.05) is 0 Å². The lowest BCUT2D eigenvalue weighted by molar-refractivity contribution is -0.143. The minimum Gasteiger partial charge on any atom is -0.481 e. The van der Waals surface area contributed by atoms with Crippen LogP contribution in [0.4, 0.5) is 8.78 Å². The molecule has 0 saturated heterocycles. The summed E-state index contributed by atoms with van der Waals surface area (Å²) in [6.45, 7) is -0.169. The monoisotopic (exact) mass is 270 g/mol. The van der Waals surface area contributed by atoms with E-state index in [-0.39, 0.29) is 17.7 Å². The average molecular weight is 270 g/mol. The summed E-state index contributed by atoms with van der Waals surface area (Å²) < 4.78 is 32.5. The number of carboxylic acid groups (broad SMARTS) is 1. The Kier molecular flexibility index (Phi) is 3.85. The molecule has 5 heteroatoms. The van der Waals surface area contributed by atoms with Crippen molar-refractivity contribution < 1.29 is 23.4 Å². The molecule has 1 aliphatic rings. The van der Waals surface area contributed by atoms with E-state index in [4.69, 9.17) is 4.74 Å². The second-order valence-corrected chi connectivity index (χ2v) is 4.95. The highest BCUT2D eigenvalue weighted by atomic mass is 19.1. The Labute approximate surface area is 110 Å². The van der Waals surface area contributed by atoms with Gasteiger partial charge in [-0.1, -0.05) is 12.8 Å². The zero-order chi connectivity index (χ0) is 14.0. The highest BCUT2D eigenvalue weighted by molar-refractivity contribution is 5.81. The number of benzene rings is 1. The van der Waals surface area contributed by atoms with Gasteiger partial charge in [0.05, 0.1) is 12.0 Å². The molecule has 1 N–H and O–H groups in total. The van der Waals surface area contributed by atoms with Crippen LogP contribution in [-0.4, -0.2) is 18.2 Å². The maximum atomic E-state index is 13.9. The van der Waals surface area contributed by atoms with Gasteiger partial charge in [0.1, 0.15) is 11.6 Å². The summed E-state index contributed by atoms with van der Waals surface area (Å²) in [6.07, 6.45) is 2.36. The summed E-state index contributed by atoms with van der Waals surface area (Å²) in [5, 5.41) is 9.40. The lowest BCUT2D eigenvalue weighted by Crippen LogP contribution is -2.33. The standard InChI is InChI=1S/C14H16F2O3/c1-19-8-10-11(15)6-9(7-12(10)16)14(13(17)18)4-2-3-5-14/h6-7H,2-5,8H2,1H3,(H,17,18). The van der Waals surface area contributed by atoms with Crippen molar-refractivity contribution in [3.8, 4) is 0 Å². The molecule has 0 radical (unpaired) electrons. The quantitative estimate of drug-likeness (QED) is 0.914. The normalized spacial score (nSPS) is 17.6. The van der Waals surface area contributed by atoms with Crippen LogP contribution in [-0.2, 0) is 21.6 Å². The molecule has 104 valence electrons. The number of methoxy groups -OCH3 is 1. The van der Waals surface area contributed by atoms with Crippen LogP contribution < -0.4 is 0 Å². The lowest BCUT2D eigenvalue weighted by Gasteiger charge is -2.25. The van der Waals surface area contributed by atoms with Crippen molar-refractivity contribution in [1.29, 1.82) is 0 Å². The fraction of sp³-hybridized carbons (Fsp3) is 0.500. The molecule has 0 unspecified atom stereocenters. The Morgan fingerprint density at radius 1 is 1.32 bits per heavy atom. The summed E-state index contributed by atoms with van der Waals surface area (Å²) in [7, 11) is 1.35. The SMILES string of the molecule is COCc1c(F)cc(C2(C(=O)O)CCCC2)cc1F. The van der Waals surface area contributed by atoms with Gasteiger partial charge in [-0.05, 0) is 30.5 Å². The molecule has 1 saturated carbocycles. The molecule has 3 nitrogen and oxygen atoms in total. The third-order valence-electron chi connectivity index (χ3n) is 3.85. The van der Waals surface area contributed by atoms with Gasteiger partial charge in [0.25, 0.3) is 0 Å². The van der Waals surface area contributed by atoms with Gasteiger partial charge >= 0.3 is 5.97 Å². The third-order valence-corrected chi connectivity index (χ3v) is 3.85. The van der Waals surface area contributed by atoms with Crippen LogP contribution in [0.2, 0.25) is 0 Å². The van der Waals surface area contributed by atoms with Gasteiger partial charge in [-0.2, -0.15) is 0 Å². The second-order valence-electron chi connectivity index (χ2n) is 4.95. The molecule has 1 aromatic carbocycles. The van der Waals surface area contributed by atoms with Crippen LogP contribution in [0.5, 0.6) is 0 Å². The van der Waals surface area contributed by atoms with E-state index < -0.39 is 23.0 Å². The van der Waals surface area contributed by atoms with Crippen molar-refractivity contribution >= 4 is 5.97 Å². The van der Waals surface area contributed by atoms with E-state index in [0.717, 1.165) is 25.0 Å². The zero-order valence-electron chi connectivity index (χ0n) is 10.7. The maximum Gasteiger partial charge on any atom is 0.314 e. The van der Waals surface area contributed by atoms with E-state index >= 15 is 0 Å². The van der Waals surface area contributed by atoms with E-state index in [1.165, 1.54) is 7.11 Å². The minimum atomic E-state index is -1.15. The van der Waals surface area contributed by atoms with Crippen molar-refractivity contribution in [2.75, 3.05) is 7.11 Å². The van der Waals surface area contributed by atoms with E-state index in [2.05, 4.69) is 0 Å². The Morgan fingerprint density at radius 3 is 2.26 bits per heavy atom. The predicted molar refractivity (Wildman–Crippen MR) is 64.9 cm³/mol. The van der Waals surface area contributed by atoms with Crippen LogP contribution in [0, 0.1) is 11.6 Å². The largest absolute Gasteiger partial charge is 0.481 e. The van der Waals surface area contributed by atoms with Crippen molar-refractivity contribution in [1.82, 2.24) is 0 Å². The molecule has 1 aromatic rings. The summed E-state index contributed by atoms with van der Waals surface area (Å²) in [5.74, 6) is -2.50. The fourth-order valence-corrected chi connectivity index (χ4v) is 2.77. The molecule has 19 heavy (non-hydrogen) atoms. The number of hydrogen-bond acceptors (Lipinski definition) is 2. The van der Waals surface area contributed by atoms with Gasteiger partial charge < -0.3 is 9.84 Å². The van der Waals surface area contributed by atoms with E-state index in [1.54, 1.807) is 0 Å². The lowest BCUT2D eigenvalue weighted by atomic mass is 9.78. The van der Waals surface area contributed by atoms with Crippen LogP contribution in [0.15, 0.2) is 12.1 Å². The first-order valence-electron chi connectivity index (χ1n) is 6.22. The Morgan fingerprint density at radius 2 is 1.84 bits per heavy atom. The van der Waals surface area contributed by atoms with E-state index in [9.17, 15) is 18.7 Å². The number of halogens is 2. The molecule has 0 spiro atoms. The molecular formula is C14H16F2O3. The number of aliphatic carboxylic acids is 1. The molecule has 0 aliphatic heterocycles. The Bertz CT molecular complexity index is 470. The van der Waals surface area contributed by atoms with Crippen molar-refractivity contribution in [2.24, 2.45) is 0 Å². The smallest absolute Gasteiger partial charge is 0.314 e. The van der Waals surface area contributed by atoms with Gasteiger partial charge in [-0.15, -0.1) is 0 Å². The molecule has 0 heterocycles. The molecule has 0 aromatic heterocycles. The summed E-state index contributed by atoms with van der Waals surface area (Å²) in [5.41, 5.74) is -1.09. The van der Waals surface area contributed by atoms with E-state index in [0.29, 0.717) is 12.8 Å². The highest BCUT2D eigenvalue weighted by Crippen LogP contribution is 2.42. The van der Waals surface area contributed by atoms with Crippen LogP contribution in [0.1, 0.15) is 36.8 Å². The maximum absolute atomic E-state index is 13.9. The Hall–Kier alpha value is -1.49. The topological polar surface area (TPSA) is 46.5 Å². The first kappa shape index (κ1) is 13.9. The Balaban J connectivity index is 2.48. The highest BCUT2D eigenvalue weighted by Gasteiger charge is 2.43. The van der Waals surface area contributed by atoms with Crippen LogP contribution in [0.3, 0.4) is 0 Å². The minimum absolute atomic E-state index is 0.162. The fourth-order valence-electron chi connectivity index (χ4n) is 2.77.